The molecule has 0 unspecified atom stereocenters. The van der Waals surface area contributed by atoms with Crippen molar-refractivity contribution >= 4 is 11.8 Å². The zero-order valence-electron chi connectivity index (χ0n) is 24.1. The summed E-state index contributed by atoms with van der Waals surface area (Å²) in [5.74, 6) is -0.338. The van der Waals surface area contributed by atoms with Gasteiger partial charge in [-0.15, -0.1) is 0 Å². The van der Waals surface area contributed by atoms with Gasteiger partial charge in [-0.05, 0) is 50.9 Å². The van der Waals surface area contributed by atoms with E-state index in [4.69, 9.17) is 0 Å². The van der Waals surface area contributed by atoms with E-state index in [1.54, 1.807) is 24.3 Å². The molecule has 208 valence electrons. The first-order valence-corrected chi connectivity index (χ1v) is 15.0. The Bertz CT molecular complexity index is 642. The molecule has 3 N–H and O–H groups in total. The molecular weight excluding hydrogens is 446 g/mol. The fourth-order valence-electron chi connectivity index (χ4n) is 3.85. The van der Waals surface area contributed by atoms with Gasteiger partial charge in [0.1, 0.15) is 0 Å². The number of benzene rings is 1. The summed E-state index contributed by atoms with van der Waals surface area (Å²) in [7, 11) is 0. The highest BCUT2D eigenvalue weighted by Crippen LogP contribution is 2.11. The molecule has 5 heteroatoms. The predicted octanol–water partition coefficient (Wildman–Crippen LogP) is 7.65. The highest BCUT2D eigenvalue weighted by atomic mass is 16.2. The summed E-state index contributed by atoms with van der Waals surface area (Å²) >= 11 is 0. The fourth-order valence-corrected chi connectivity index (χ4v) is 3.85. The summed E-state index contributed by atoms with van der Waals surface area (Å²) < 4.78 is 0. The van der Waals surface area contributed by atoms with Crippen molar-refractivity contribution in [2.45, 2.75) is 124 Å². The number of unbranched alkanes of at least 4 members (excludes halogenated alkanes) is 11. The summed E-state index contributed by atoms with van der Waals surface area (Å²) in [6.07, 6.45) is 18.9. The van der Waals surface area contributed by atoms with Gasteiger partial charge in [-0.3, -0.25) is 9.59 Å². The van der Waals surface area contributed by atoms with Gasteiger partial charge in [0.2, 0.25) is 0 Å². The summed E-state index contributed by atoms with van der Waals surface area (Å²) in [6.45, 7) is 12.4. The first-order valence-electron chi connectivity index (χ1n) is 15.0. The second-order valence-electron chi connectivity index (χ2n) is 9.70. The molecule has 5 nitrogen and oxygen atoms in total. The van der Waals surface area contributed by atoms with Gasteiger partial charge in [0.15, 0.2) is 0 Å². The topological polar surface area (TPSA) is 70.2 Å². The molecule has 0 fully saturated rings. The van der Waals surface area contributed by atoms with Crippen LogP contribution in [0.15, 0.2) is 24.3 Å². The van der Waals surface area contributed by atoms with Gasteiger partial charge in [-0.25, -0.2) is 0 Å². The van der Waals surface area contributed by atoms with Crippen LogP contribution in [0, 0.1) is 0 Å². The van der Waals surface area contributed by atoms with E-state index < -0.39 is 0 Å². The van der Waals surface area contributed by atoms with Crippen LogP contribution in [0.25, 0.3) is 0 Å². The fraction of sp³-hybridized carbons (Fsp3) is 0.742. The Balaban J connectivity index is 0.00000115. The molecule has 0 aliphatic heterocycles. The van der Waals surface area contributed by atoms with E-state index in [2.05, 4.69) is 36.7 Å². The molecule has 1 aromatic rings. The standard InChI is InChI=1S/C23H38N2O2.C8H19N/c1-3-5-6-7-8-9-10-11-12-15-19-25-23(27)21-17-14-13-16-20(21)22(26)24-18-4-2;1-3-5-7-9-8-6-4-2/h13-14,16-17H,3-12,15,18-19H2,1-2H3,(H,24,26)(H,25,27);9H,3-8H2,1-2H3. The number of amides is 2. The Morgan fingerprint density at radius 1 is 0.500 bits per heavy atom. The Morgan fingerprint density at radius 2 is 0.917 bits per heavy atom. The normalized spacial score (nSPS) is 10.4. The van der Waals surface area contributed by atoms with Crippen molar-refractivity contribution in [3.05, 3.63) is 35.4 Å². The third-order valence-electron chi connectivity index (χ3n) is 6.18. The van der Waals surface area contributed by atoms with Crippen molar-refractivity contribution in [2.75, 3.05) is 26.2 Å². The van der Waals surface area contributed by atoms with Crippen LogP contribution in [0.5, 0.6) is 0 Å². The molecular formula is C31H57N3O2. The molecule has 1 rings (SSSR count). The second kappa shape index (κ2) is 26.2. The van der Waals surface area contributed by atoms with Gasteiger partial charge >= 0.3 is 0 Å². The quantitative estimate of drug-likeness (QED) is 0.151. The van der Waals surface area contributed by atoms with E-state index in [-0.39, 0.29) is 11.8 Å². The molecule has 0 atom stereocenters. The monoisotopic (exact) mass is 503 g/mol. The number of nitrogens with one attached hydrogen (secondary N) is 3. The van der Waals surface area contributed by atoms with E-state index in [9.17, 15) is 9.59 Å². The van der Waals surface area contributed by atoms with Crippen LogP contribution in [0.1, 0.15) is 145 Å². The summed E-state index contributed by atoms with van der Waals surface area (Å²) in [5, 5.41) is 9.18. The van der Waals surface area contributed by atoms with Gasteiger partial charge in [-0.2, -0.15) is 0 Å². The average Bonchev–Trinajstić information content (AvgIpc) is 2.90. The minimum absolute atomic E-state index is 0.159. The van der Waals surface area contributed by atoms with Crippen LogP contribution < -0.4 is 16.0 Å². The van der Waals surface area contributed by atoms with E-state index in [1.807, 2.05) is 6.92 Å². The number of hydrogen-bond donors (Lipinski definition) is 3. The maximum atomic E-state index is 12.4. The van der Waals surface area contributed by atoms with Crippen LogP contribution in [0.4, 0.5) is 0 Å². The largest absolute Gasteiger partial charge is 0.352 e. The maximum Gasteiger partial charge on any atom is 0.252 e. The van der Waals surface area contributed by atoms with Gasteiger partial charge in [0.25, 0.3) is 11.8 Å². The molecule has 0 saturated heterocycles. The lowest BCUT2D eigenvalue weighted by Crippen LogP contribution is -2.30. The Hall–Kier alpha value is -1.88. The molecule has 0 saturated carbocycles. The third kappa shape index (κ3) is 19.3. The van der Waals surface area contributed by atoms with E-state index in [0.717, 1.165) is 19.3 Å². The smallest absolute Gasteiger partial charge is 0.252 e. The van der Waals surface area contributed by atoms with Crippen LogP contribution in [-0.2, 0) is 0 Å². The van der Waals surface area contributed by atoms with E-state index in [1.165, 1.54) is 90.1 Å². The number of carbonyl (C=O) groups excluding carboxylic acids is 2. The SMILES string of the molecule is CCCCCCCCCCCCNC(=O)c1ccccc1C(=O)NCCC.CCCCNCCCC. The van der Waals surface area contributed by atoms with Crippen molar-refractivity contribution in [3.8, 4) is 0 Å². The molecule has 1 aromatic carbocycles. The van der Waals surface area contributed by atoms with Crippen molar-refractivity contribution in [2.24, 2.45) is 0 Å². The predicted molar refractivity (Wildman–Crippen MR) is 156 cm³/mol. The minimum Gasteiger partial charge on any atom is -0.352 e. The molecule has 0 aliphatic carbocycles. The highest BCUT2D eigenvalue weighted by Gasteiger charge is 2.15. The van der Waals surface area contributed by atoms with Gasteiger partial charge in [0.05, 0.1) is 11.1 Å². The van der Waals surface area contributed by atoms with Crippen molar-refractivity contribution in [3.63, 3.8) is 0 Å². The lowest BCUT2D eigenvalue weighted by Gasteiger charge is -2.10. The van der Waals surface area contributed by atoms with Gasteiger partial charge in [-0.1, -0.05) is 110 Å². The molecule has 0 aliphatic rings. The van der Waals surface area contributed by atoms with Crippen LogP contribution >= 0.6 is 0 Å². The zero-order valence-corrected chi connectivity index (χ0v) is 24.1. The lowest BCUT2D eigenvalue weighted by molar-refractivity contribution is 0.0919. The summed E-state index contributed by atoms with van der Waals surface area (Å²) in [6, 6.07) is 7.01. The number of rotatable bonds is 21. The molecule has 2 amide bonds. The molecule has 36 heavy (non-hydrogen) atoms. The summed E-state index contributed by atoms with van der Waals surface area (Å²) in [4.78, 5) is 24.6. The first-order chi connectivity index (χ1) is 17.6. The molecule has 0 radical (unpaired) electrons. The Kier molecular flexibility index (Phi) is 24.8. The lowest BCUT2D eigenvalue weighted by atomic mass is 10.1. The van der Waals surface area contributed by atoms with Crippen LogP contribution in [0.3, 0.4) is 0 Å². The van der Waals surface area contributed by atoms with Crippen LogP contribution in [0.2, 0.25) is 0 Å². The second-order valence-corrected chi connectivity index (χ2v) is 9.70. The van der Waals surface area contributed by atoms with Gasteiger partial charge in [0, 0.05) is 13.1 Å². The van der Waals surface area contributed by atoms with Crippen molar-refractivity contribution < 1.29 is 9.59 Å². The molecule has 0 heterocycles. The molecule has 0 aromatic heterocycles. The molecule has 0 spiro atoms. The van der Waals surface area contributed by atoms with Crippen molar-refractivity contribution in [1.29, 1.82) is 0 Å². The third-order valence-corrected chi connectivity index (χ3v) is 6.18. The first kappa shape index (κ1) is 34.1. The van der Waals surface area contributed by atoms with Crippen molar-refractivity contribution in [1.82, 2.24) is 16.0 Å². The zero-order chi connectivity index (χ0) is 26.7. The minimum atomic E-state index is -0.179. The highest BCUT2D eigenvalue weighted by molar-refractivity contribution is 6.07. The maximum absolute atomic E-state index is 12.4. The number of hydrogen-bond acceptors (Lipinski definition) is 3. The van der Waals surface area contributed by atoms with E-state index in [0.29, 0.717) is 24.2 Å². The Morgan fingerprint density at radius 3 is 1.36 bits per heavy atom. The Labute approximate surface area is 223 Å². The summed E-state index contributed by atoms with van der Waals surface area (Å²) in [5.41, 5.74) is 0.907. The number of carbonyl (C=O) groups is 2. The van der Waals surface area contributed by atoms with E-state index >= 15 is 0 Å². The van der Waals surface area contributed by atoms with Gasteiger partial charge < -0.3 is 16.0 Å². The molecule has 0 bridgehead atoms. The van der Waals surface area contributed by atoms with Crippen LogP contribution in [-0.4, -0.2) is 38.0 Å². The average molecular weight is 504 g/mol.